The smallest absolute Gasteiger partial charge is 0.315 e. The molecule has 3 rings (SSSR count). The number of halogens is 1. The molecule has 5 nitrogen and oxygen atoms in total. The molecule has 2 heterocycles. The van der Waals surface area contributed by atoms with Gasteiger partial charge in [0.2, 0.25) is 0 Å². The fraction of sp³-hybridized carbons (Fsp3) is 0.368. The lowest BCUT2D eigenvalue weighted by Gasteiger charge is -2.32. The van der Waals surface area contributed by atoms with E-state index in [-0.39, 0.29) is 12.1 Å². The molecular formula is C19H23ClN4O. The minimum Gasteiger partial charge on any atom is -0.335 e. The van der Waals surface area contributed by atoms with E-state index in [1.165, 1.54) is 5.56 Å². The molecule has 0 bridgehead atoms. The molecular weight excluding hydrogens is 336 g/mol. The summed E-state index contributed by atoms with van der Waals surface area (Å²) in [6.07, 6.45) is 3.65. The van der Waals surface area contributed by atoms with E-state index in [0.29, 0.717) is 6.54 Å². The van der Waals surface area contributed by atoms with Crippen LogP contribution in [0.4, 0.5) is 4.79 Å². The van der Waals surface area contributed by atoms with Crippen molar-refractivity contribution in [1.29, 1.82) is 0 Å². The molecule has 2 aromatic rings. The summed E-state index contributed by atoms with van der Waals surface area (Å²) >= 11 is 5.92. The fourth-order valence-electron chi connectivity index (χ4n) is 2.99. The zero-order chi connectivity index (χ0) is 17.5. The Kier molecular flexibility index (Phi) is 6.25. The van der Waals surface area contributed by atoms with Crippen molar-refractivity contribution in [2.24, 2.45) is 0 Å². The maximum absolute atomic E-state index is 12.0. The van der Waals surface area contributed by atoms with Gasteiger partial charge < -0.3 is 10.6 Å². The highest BCUT2D eigenvalue weighted by molar-refractivity contribution is 6.30. The minimum absolute atomic E-state index is 0.123. The first-order valence-electron chi connectivity index (χ1n) is 8.60. The van der Waals surface area contributed by atoms with Crippen molar-refractivity contribution in [3.63, 3.8) is 0 Å². The predicted octanol–water partition coefficient (Wildman–Crippen LogP) is 3.20. The number of urea groups is 1. The van der Waals surface area contributed by atoms with Crippen LogP contribution in [-0.4, -0.2) is 35.0 Å². The second-order valence-corrected chi connectivity index (χ2v) is 6.76. The van der Waals surface area contributed by atoms with Gasteiger partial charge in [0.1, 0.15) is 0 Å². The van der Waals surface area contributed by atoms with Crippen LogP contribution in [0.2, 0.25) is 5.02 Å². The van der Waals surface area contributed by atoms with E-state index >= 15 is 0 Å². The first-order valence-corrected chi connectivity index (χ1v) is 8.98. The number of piperidine rings is 1. The number of rotatable bonds is 5. The predicted molar refractivity (Wildman–Crippen MR) is 99.4 cm³/mol. The number of nitrogens with one attached hydrogen (secondary N) is 2. The highest BCUT2D eigenvalue weighted by Crippen LogP contribution is 2.15. The Hall–Kier alpha value is -2.11. The second-order valence-electron chi connectivity index (χ2n) is 6.32. The topological polar surface area (TPSA) is 57.3 Å². The van der Waals surface area contributed by atoms with Gasteiger partial charge in [0.05, 0.1) is 12.2 Å². The Balaban J connectivity index is 1.37. The molecule has 6 heteroatoms. The van der Waals surface area contributed by atoms with Gasteiger partial charge in [-0.15, -0.1) is 0 Å². The van der Waals surface area contributed by atoms with E-state index in [2.05, 4.69) is 32.7 Å². The molecule has 2 amide bonds. The molecule has 1 fully saturated rings. The maximum Gasteiger partial charge on any atom is 0.315 e. The summed E-state index contributed by atoms with van der Waals surface area (Å²) in [5, 5.41) is 6.69. The molecule has 0 saturated carbocycles. The Morgan fingerprint density at radius 2 is 1.92 bits per heavy atom. The van der Waals surface area contributed by atoms with Gasteiger partial charge in [0, 0.05) is 36.9 Å². The first kappa shape index (κ1) is 17.7. The molecule has 1 aromatic carbocycles. The summed E-state index contributed by atoms with van der Waals surface area (Å²) in [7, 11) is 0. The van der Waals surface area contributed by atoms with E-state index in [4.69, 9.17) is 11.6 Å². The third-order valence-corrected chi connectivity index (χ3v) is 4.65. The van der Waals surface area contributed by atoms with Gasteiger partial charge in [-0.3, -0.25) is 9.88 Å². The minimum atomic E-state index is -0.123. The number of aromatic nitrogens is 1. The number of pyridine rings is 1. The molecule has 2 N–H and O–H groups in total. The zero-order valence-electron chi connectivity index (χ0n) is 14.1. The summed E-state index contributed by atoms with van der Waals surface area (Å²) in [4.78, 5) is 18.6. The van der Waals surface area contributed by atoms with Crippen molar-refractivity contribution in [2.75, 3.05) is 13.1 Å². The Morgan fingerprint density at radius 3 is 2.60 bits per heavy atom. The standard InChI is InChI=1S/C19H23ClN4O/c20-16-6-4-15(5-7-16)14-24-11-8-17(9-12-24)23-19(25)22-13-18-3-1-2-10-21-18/h1-7,10,17H,8-9,11-14H2,(H2,22,23,25). The molecule has 1 aromatic heterocycles. The highest BCUT2D eigenvalue weighted by atomic mass is 35.5. The van der Waals surface area contributed by atoms with Gasteiger partial charge in [-0.2, -0.15) is 0 Å². The molecule has 0 unspecified atom stereocenters. The van der Waals surface area contributed by atoms with Crippen LogP contribution >= 0.6 is 11.6 Å². The van der Waals surface area contributed by atoms with E-state index in [0.717, 1.165) is 43.2 Å². The lowest BCUT2D eigenvalue weighted by molar-refractivity contribution is 0.186. The highest BCUT2D eigenvalue weighted by Gasteiger charge is 2.20. The summed E-state index contributed by atoms with van der Waals surface area (Å²) in [5.41, 5.74) is 2.12. The Bertz CT molecular complexity index is 670. The molecule has 1 saturated heterocycles. The van der Waals surface area contributed by atoms with Crippen LogP contribution in [-0.2, 0) is 13.1 Å². The van der Waals surface area contributed by atoms with Crippen LogP contribution in [0, 0.1) is 0 Å². The van der Waals surface area contributed by atoms with Crippen molar-refractivity contribution in [3.8, 4) is 0 Å². The van der Waals surface area contributed by atoms with Crippen LogP contribution in [0.3, 0.4) is 0 Å². The van der Waals surface area contributed by atoms with Crippen LogP contribution in [0.5, 0.6) is 0 Å². The molecule has 0 spiro atoms. The van der Waals surface area contributed by atoms with Crippen LogP contribution < -0.4 is 10.6 Å². The van der Waals surface area contributed by atoms with E-state index in [1.807, 2.05) is 30.3 Å². The third kappa shape index (κ3) is 5.73. The van der Waals surface area contributed by atoms with Crippen molar-refractivity contribution in [3.05, 3.63) is 64.9 Å². The van der Waals surface area contributed by atoms with Crippen molar-refractivity contribution >= 4 is 17.6 Å². The maximum atomic E-state index is 12.0. The number of hydrogen-bond donors (Lipinski definition) is 2. The van der Waals surface area contributed by atoms with Crippen molar-refractivity contribution in [2.45, 2.75) is 32.0 Å². The van der Waals surface area contributed by atoms with Crippen molar-refractivity contribution in [1.82, 2.24) is 20.5 Å². The number of carbonyl (C=O) groups excluding carboxylic acids is 1. The molecule has 0 radical (unpaired) electrons. The summed E-state index contributed by atoms with van der Waals surface area (Å²) in [5.74, 6) is 0. The molecule has 132 valence electrons. The molecule has 1 aliphatic heterocycles. The van der Waals surface area contributed by atoms with Gasteiger partial charge in [0.15, 0.2) is 0 Å². The molecule has 0 atom stereocenters. The molecule has 1 aliphatic rings. The van der Waals surface area contributed by atoms with Gasteiger partial charge in [-0.05, 0) is 42.7 Å². The largest absolute Gasteiger partial charge is 0.335 e. The zero-order valence-corrected chi connectivity index (χ0v) is 14.9. The van der Waals surface area contributed by atoms with Gasteiger partial charge >= 0.3 is 6.03 Å². The van der Waals surface area contributed by atoms with Crippen LogP contribution in [0.15, 0.2) is 48.7 Å². The average molecular weight is 359 g/mol. The first-order chi connectivity index (χ1) is 12.2. The Labute approximate surface area is 153 Å². The molecule has 0 aliphatic carbocycles. The number of likely N-dealkylation sites (tertiary alicyclic amines) is 1. The summed E-state index contributed by atoms with van der Waals surface area (Å²) in [6.45, 7) is 3.33. The fourth-order valence-corrected chi connectivity index (χ4v) is 3.12. The number of amides is 2. The number of carbonyl (C=O) groups is 1. The lowest BCUT2D eigenvalue weighted by atomic mass is 10.0. The van der Waals surface area contributed by atoms with Crippen LogP contribution in [0.25, 0.3) is 0 Å². The SMILES string of the molecule is O=C(NCc1ccccn1)NC1CCN(Cc2ccc(Cl)cc2)CC1. The van der Waals surface area contributed by atoms with Gasteiger partial charge in [-0.25, -0.2) is 4.79 Å². The summed E-state index contributed by atoms with van der Waals surface area (Å²) < 4.78 is 0. The number of nitrogens with zero attached hydrogens (tertiary/aromatic N) is 2. The second kappa shape index (κ2) is 8.83. The van der Waals surface area contributed by atoms with Crippen LogP contribution in [0.1, 0.15) is 24.1 Å². The van der Waals surface area contributed by atoms with Crippen molar-refractivity contribution < 1.29 is 4.79 Å². The average Bonchev–Trinajstić information content (AvgIpc) is 2.64. The third-order valence-electron chi connectivity index (χ3n) is 4.40. The Morgan fingerprint density at radius 1 is 1.16 bits per heavy atom. The monoisotopic (exact) mass is 358 g/mol. The quantitative estimate of drug-likeness (QED) is 0.863. The van der Waals surface area contributed by atoms with Gasteiger partial charge in [0.25, 0.3) is 0 Å². The summed E-state index contributed by atoms with van der Waals surface area (Å²) in [6, 6.07) is 13.8. The van der Waals surface area contributed by atoms with E-state index < -0.39 is 0 Å². The number of hydrogen-bond acceptors (Lipinski definition) is 3. The molecule has 25 heavy (non-hydrogen) atoms. The number of benzene rings is 1. The van der Waals surface area contributed by atoms with Gasteiger partial charge in [-0.1, -0.05) is 29.8 Å². The normalized spacial score (nSPS) is 15.7. The van der Waals surface area contributed by atoms with E-state index in [9.17, 15) is 4.79 Å². The van der Waals surface area contributed by atoms with E-state index in [1.54, 1.807) is 6.20 Å². The lowest BCUT2D eigenvalue weighted by Crippen LogP contribution is -2.47.